The summed E-state index contributed by atoms with van der Waals surface area (Å²) in [7, 11) is 0. The van der Waals surface area contributed by atoms with E-state index in [-0.39, 0.29) is 17.5 Å². The van der Waals surface area contributed by atoms with Crippen LogP contribution in [-0.4, -0.2) is 35.8 Å². The van der Waals surface area contributed by atoms with Crippen molar-refractivity contribution in [3.05, 3.63) is 64.6 Å². The fourth-order valence-corrected chi connectivity index (χ4v) is 3.95. The number of anilines is 2. The first kappa shape index (κ1) is 22.4. The fraction of sp³-hybridized carbons (Fsp3) is 0.292. The minimum Gasteiger partial charge on any atom is -0.482 e. The maximum absolute atomic E-state index is 12.2. The molecule has 32 heavy (non-hydrogen) atoms. The summed E-state index contributed by atoms with van der Waals surface area (Å²) in [4.78, 5) is 14.5. The molecule has 2 aromatic carbocycles. The van der Waals surface area contributed by atoms with Crippen molar-refractivity contribution >= 4 is 40.6 Å². The smallest absolute Gasteiger partial charge is 0.262 e. The molecule has 0 aliphatic carbocycles. The molecule has 0 bridgehead atoms. The molecule has 1 amide bonds. The summed E-state index contributed by atoms with van der Waals surface area (Å²) < 4.78 is 5.46. The largest absolute Gasteiger partial charge is 0.482 e. The van der Waals surface area contributed by atoms with E-state index in [1.807, 2.05) is 36.4 Å². The van der Waals surface area contributed by atoms with Crippen LogP contribution in [0, 0.1) is 0 Å². The van der Waals surface area contributed by atoms with Gasteiger partial charge in [-0.2, -0.15) is 0 Å². The molecule has 0 spiro atoms. The lowest BCUT2D eigenvalue weighted by Gasteiger charge is -2.20. The molecule has 0 saturated carbocycles. The number of halogens is 2. The van der Waals surface area contributed by atoms with Crippen LogP contribution < -0.4 is 15.0 Å². The van der Waals surface area contributed by atoms with Crippen LogP contribution in [0.4, 0.5) is 11.5 Å². The Kier molecular flexibility index (Phi) is 7.45. The number of benzene rings is 2. The first-order valence-electron chi connectivity index (χ1n) is 10.7. The van der Waals surface area contributed by atoms with Gasteiger partial charge >= 0.3 is 0 Å². The monoisotopic (exact) mass is 470 g/mol. The summed E-state index contributed by atoms with van der Waals surface area (Å²) in [5.74, 6) is 1.00. The zero-order chi connectivity index (χ0) is 22.3. The minimum atomic E-state index is -0.296. The lowest BCUT2D eigenvalue weighted by molar-refractivity contribution is -0.118. The number of nitrogens with zero attached hydrogens (tertiary/aromatic N) is 3. The highest BCUT2D eigenvalue weighted by Gasteiger charge is 2.12. The van der Waals surface area contributed by atoms with Crippen LogP contribution in [0.2, 0.25) is 10.0 Å². The van der Waals surface area contributed by atoms with Crippen molar-refractivity contribution in [3.63, 3.8) is 0 Å². The number of amides is 1. The topological polar surface area (TPSA) is 67.3 Å². The van der Waals surface area contributed by atoms with Gasteiger partial charge in [-0.25, -0.2) is 0 Å². The third kappa shape index (κ3) is 5.69. The summed E-state index contributed by atoms with van der Waals surface area (Å²) in [6, 6.07) is 16.5. The van der Waals surface area contributed by atoms with Crippen molar-refractivity contribution in [3.8, 4) is 17.0 Å². The standard InChI is InChI=1S/C24H24Cl2N4O2/c25-19-6-5-7-21(24(19)26)32-16-23(31)27-18-10-8-17(9-11-18)20-12-13-22(29-28-20)30-14-3-1-2-4-15-30/h5-13H,1-4,14-16H2,(H,27,31). The van der Waals surface area contributed by atoms with Gasteiger partial charge in [-0.3, -0.25) is 4.79 Å². The molecule has 1 N–H and O–H groups in total. The third-order valence-electron chi connectivity index (χ3n) is 5.32. The SMILES string of the molecule is O=C(COc1cccc(Cl)c1Cl)Nc1ccc(-c2ccc(N3CCCCCC3)nn2)cc1. The average Bonchev–Trinajstić information content (AvgIpc) is 3.10. The Morgan fingerprint density at radius 1 is 0.938 bits per heavy atom. The molecule has 6 nitrogen and oxygen atoms in total. The van der Waals surface area contributed by atoms with Gasteiger partial charge in [-0.1, -0.05) is 54.2 Å². The lowest BCUT2D eigenvalue weighted by Crippen LogP contribution is -2.25. The molecule has 2 heterocycles. The number of rotatable bonds is 6. The molecule has 166 valence electrons. The molecule has 0 unspecified atom stereocenters. The summed E-state index contributed by atoms with van der Waals surface area (Å²) in [6.45, 7) is 1.90. The van der Waals surface area contributed by atoms with Crippen LogP contribution in [0.3, 0.4) is 0 Å². The maximum Gasteiger partial charge on any atom is 0.262 e. The predicted octanol–water partition coefficient (Wildman–Crippen LogP) is 5.85. The Hall–Kier alpha value is -2.83. The highest BCUT2D eigenvalue weighted by atomic mass is 35.5. The number of hydrogen-bond donors (Lipinski definition) is 1. The normalized spacial score (nSPS) is 14.0. The number of hydrogen-bond acceptors (Lipinski definition) is 5. The van der Waals surface area contributed by atoms with Crippen LogP contribution in [0.25, 0.3) is 11.3 Å². The van der Waals surface area contributed by atoms with E-state index in [9.17, 15) is 4.79 Å². The Morgan fingerprint density at radius 2 is 1.69 bits per heavy atom. The Bertz CT molecular complexity index is 1050. The zero-order valence-electron chi connectivity index (χ0n) is 17.6. The fourth-order valence-electron chi connectivity index (χ4n) is 3.61. The van der Waals surface area contributed by atoms with Crippen molar-refractivity contribution in [1.29, 1.82) is 0 Å². The summed E-state index contributed by atoms with van der Waals surface area (Å²) in [5.41, 5.74) is 2.38. The van der Waals surface area contributed by atoms with E-state index < -0.39 is 0 Å². The van der Waals surface area contributed by atoms with Crippen molar-refractivity contribution in [2.24, 2.45) is 0 Å². The highest BCUT2D eigenvalue weighted by Crippen LogP contribution is 2.31. The molecule has 1 aliphatic heterocycles. The molecule has 1 aromatic heterocycles. The molecule has 0 atom stereocenters. The zero-order valence-corrected chi connectivity index (χ0v) is 19.1. The molecule has 4 rings (SSSR count). The summed E-state index contributed by atoms with van der Waals surface area (Å²) in [6.07, 6.45) is 4.97. The van der Waals surface area contributed by atoms with Crippen molar-refractivity contribution in [1.82, 2.24) is 10.2 Å². The van der Waals surface area contributed by atoms with Crippen LogP contribution in [-0.2, 0) is 4.79 Å². The summed E-state index contributed by atoms with van der Waals surface area (Å²) in [5, 5.41) is 12.3. The van der Waals surface area contributed by atoms with Crippen LogP contribution >= 0.6 is 23.2 Å². The molecule has 3 aromatic rings. The molecule has 1 fully saturated rings. The molecule has 1 saturated heterocycles. The second kappa shape index (κ2) is 10.7. The van der Waals surface area contributed by atoms with E-state index in [0.717, 1.165) is 30.2 Å². The van der Waals surface area contributed by atoms with Gasteiger partial charge in [0.25, 0.3) is 5.91 Å². The van der Waals surface area contributed by atoms with E-state index >= 15 is 0 Å². The number of nitrogens with one attached hydrogen (secondary N) is 1. The van der Waals surface area contributed by atoms with Crippen molar-refractivity contribution in [2.75, 3.05) is 29.9 Å². The molecule has 1 aliphatic rings. The summed E-state index contributed by atoms with van der Waals surface area (Å²) >= 11 is 12.0. The first-order chi connectivity index (χ1) is 15.6. The van der Waals surface area contributed by atoms with Crippen LogP contribution in [0.15, 0.2) is 54.6 Å². The van der Waals surface area contributed by atoms with Gasteiger partial charge in [0.05, 0.1) is 10.7 Å². The second-order valence-electron chi connectivity index (χ2n) is 7.64. The third-order valence-corrected chi connectivity index (χ3v) is 6.12. The minimum absolute atomic E-state index is 0.175. The molecular weight excluding hydrogens is 447 g/mol. The van der Waals surface area contributed by atoms with Crippen molar-refractivity contribution in [2.45, 2.75) is 25.7 Å². The average molecular weight is 471 g/mol. The number of carbonyl (C=O) groups is 1. The van der Waals surface area contributed by atoms with Crippen LogP contribution in [0.5, 0.6) is 5.75 Å². The van der Waals surface area contributed by atoms with E-state index in [2.05, 4.69) is 20.4 Å². The number of ether oxygens (including phenoxy) is 1. The Labute approximate surface area is 197 Å². The number of carbonyl (C=O) groups excluding carboxylic acids is 1. The van der Waals surface area contributed by atoms with Gasteiger partial charge in [0.15, 0.2) is 12.4 Å². The van der Waals surface area contributed by atoms with E-state index in [1.54, 1.807) is 18.2 Å². The van der Waals surface area contributed by atoms with E-state index in [1.165, 1.54) is 25.7 Å². The van der Waals surface area contributed by atoms with Gasteiger partial charge in [-0.15, -0.1) is 10.2 Å². The second-order valence-corrected chi connectivity index (χ2v) is 8.43. The molecule has 8 heteroatoms. The van der Waals surface area contributed by atoms with Gasteiger partial charge in [0.2, 0.25) is 0 Å². The van der Waals surface area contributed by atoms with Gasteiger partial charge in [0.1, 0.15) is 10.8 Å². The van der Waals surface area contributed by atoms with Gasteiger partial charge < -0.3 is 15.0 Å². The quantitative estimate of drug-likeness (QED) is 0.489. The molecule has 0 radical (unpaired) electrons. The lowest BCUT2D eigenvalue weighted by atomic mass is 10.1. The molecular formula is C24H24Cl2N4O2. The van der Waals surface area contributed by atoms with Gasteiger partial charge in [-0.05, 0) is 49.2 Å². The van der Waals surface area contributed by atoms with Crippen molar-refractivity contribution < 1.29 is 9.53 Å². The highest BCUT2D eigenvalue weighted by molar-refractivity contribution is 6.42. The predicted molar refractivity (Wildman–Crippen MR) is 129 cm³/mol. The maximum atomic E-state index is 12.2. The Morgan fingerprint density at radius 3 is 2.38 bits per heavy atom. The number of aromatic nitrogens is 2. The van der Waals surface area contributed by atoms with Gasteiger partial charge in [0, 0.05) is 24.3 Å². The first-order valence-corrected chi connectivity index (χ1v) is 11.4. The van der Waals surface area contributed by atoms with E-state index in [0.29, 0.717) is 16.5 Å². The van der Waals surface area contributed by atoms with Crippen LogP contribution in [0.1, 0.15) is 25.7 Å². The van der Waals surface area contributed by atoms with E-state index in [4.69, 9.17) is 27.9 Å². The Balaban J connectivity index is 1.33.